The third kappa shape index (κ3) is 2.88. The molecular weight excluding hydrogens is 211 g/mol. The summed E-state index contributed by atoms with van der Waals surface area (Å²) in [5, 5.41) is 0.877. The highest BCUT2D eigenvalue weighted by molar-refractivity contribution is 6.35. The molecule has 0 aromatic heterocycles. The maximum absolute atomic E-state index is 11.3. The lowest BCUT2D eigenvalue weighted by Crippen LogP contribution is -2.34. The molecule has 0 spiro atoms. The van der Waals surface area contributed by atoms with Crippen molar-refractivity contribution in [2.75, 3.05) is 7.05 Å². The summed E-state index contributed by atoms with van der Waals surface area (Å²) in [6.07, 6.45) is 0. The summed E-state index contributed by atoms with van der Waals surface area (Å²) < 4.78 is 0. The van der Waals surface area contributed by atoms with Gasteiger partial charge in [0.15, 0.2) is 0 Å². The number of hydrogen-bond donors (Lipinski definition) is 2. The summed E-state index contributed by atoms with van der Waals surface area (Å²) in [5.41, 5.74) is 5.35. The molecule has 0 atom stereocenters. The first kappa shape index (κ1) is 10.3. The molecule has 0 unspecified atom stereocenters. The molecule has 13 heavy (non-hydrogen) atoms. The molecule has 1 aromatic carbocycles. The minimum Gasteiger partial charge on any atom is -0.288 e. The highest BCUT2D eigenvalue weighted by Gasteiger charge is 2.05. The number of benzene rings is 1. The van der Waals surface area contributed by atoms with Gasteiger partial charge in [0.1, 0.15) is 0 Å². The Morgan fingerprint density at radius 3 is 2.23 bits per heavy atom. The highest BCUT2D eigenvalue weighted by Crippen LogP contribution is 2.18. The van der Waals surface area contributed by atoms with Gasteiger partial charge < -0.3 is 0 Å². The number of hydrogen-bond acceptors (Lipinski definition) is 2. The molecule has 1 aromatic rings. The summed E-state index contributed by atoms with van der Waals surface area (Å²) in [7, 11) is 1.60. The molecule has 0 aliphatic heterocycles. The zero-order valence-electron chi connectivity index (χ0n) is 6.90. The third-order valence-electron chi connectivity index (χ3n) is 1.36. The minimum atomic E-state index is -0.271. The molecule has 1 rings (SSSR count). The van der Waals surface area contributed by atoms with Crippen LogP contribution >= 0.6 is 23.2 Å². The molecule has 3 nitrogen and oxygen atoms in total. The Hall–Kier alpha value is -0.770. The zero-order valence-corrected chi connectivity index (χ0v) is 8.41. The zero-order chi connectivity index (χ0) is 9.84. The standard InChI is InChI=1S/C8H8Cl2N2O/c1-11-12-8(13)5-2-6(9)4-7(10)3-5/h2-4,11H,1H3,(H,12,13). The first-order chi connectivity index (χ1) is 6.13. The van der Waals surface area contributed by atoms with Crippen LogP contribution in [0.5, 0.6) is 0 Å². The average Bonchev–Trinajstić information content (AvgIpc) is 2.03. The number of nitrogens with one attached hydrogen (secondary N) is 2. The van der Waals surface area contributed by atoms with Gasteiger partial charge in [-0.1, -0.05) is 23.2 Å². The number of hydrazine groups is 1. The summed E-state index contributed by atoms with van der Waals surface area (Å²) in [4.78, 5) is 11.3. The normalized spacial score (nSPS) is 9.77. The van der Waals surface area contributed by atoms with Crippen LogP contribution in [0.15, 0.2) is 18.2 Å². The van der Waals surface area contributed by atoms with Gasteiger partial charge in [0.2, 0.25) is 0 Å². The monoisotopic (exact) mass is 218 g/mol. The van der Waals surface area contributed by atoms with Gasteiger partial charge in [-0.05, 0) is 18.2 Å². The van der Waals surface area contributed by atoms with Crippen LogP contribution in [-0.2, 0) is 0 Å². The second-order valence-electron chi connectivity index (χ2n) is 2.36. The lowest BCUT2D eigenvalue weighted by Gasteiger charge is -2.03. The van der Waals surface area contributed by atoms with Crippen LogP contribution in [0.4, 0.5) is 0 Å². The number of carbonyl (C=O) groups is 1. The van der Waals surface area contributed by atoms with Crippen molar-refractivity contribution in [1.29, 1.82) is 0 Å². The average molecular weight is 219 g/mol. The van der Waals surface area contributed by atoms with Crippen LogP contribution in [0.3, 0.4) is 0 Å². The molecule has 0 bridgehead atoms. The Balaban J connectivity index is 2.94. The molecule has 0 saturated heterocycles. The van der Waals surface area contributed by atoms with E-state index in [0.29, 0.717) is 15.6 Å². The Labute approximate surface area is 86.0 Å². The minimum absolute atomic E-state index is 0.271. The van der Waals surface area contributed by atoms with Crippen molar-refractivity contribution in [3.05, 3.63) is 33.8 Å². The van der Waals surface area contributed by atoms with Crippen molar-refractivity contribution in [2.45, 2.75) is 0 Å². The van der Waals surface area contributed by atoms with Crippen LogP contribution in [0, 0.1) is 0 Å². The van der Waals surface area contributed by atoms with Gasteiger partial charge in [-0.2, -0.15) is 0 Å². The van der Waals surface area contributed by atoms with Gasteiger partial charge in [0.05, 0.1) is 0 Å². The first-order valence-electron chi connectivity index (χ1n) is 3.56. The van der Waals surface area contributed by atoms with Crippen molar-refractivity contribution in [1.82, 2.24) is 10.9 Å². The van der Waals surface area contributed by atoms with Crippen molar-refractivity contribution in [2.24, 2.45) is 0 Å². The predicted molar refractivity (Wildman–Crippen MR) is 53.0 cm³/mol. The smallest absolute Gasteiger partial charge is 0.265 e. The molecule has 2 N–H and O–H groups in total. The number of rotatable bonds is 2. The number of amides is 1. The van der Waals surface area contributed by atoms with E-state index in [0.717, 1.165) is 0 Å². The van der Waals surface area contributed by atoms with Crippen molar-refractivity contribution < 1.29 is 4.79 Å². The summed E-state index contributed by atoms with van der Waals surface area (Å²) in [6.45, 7) is 0. The highest BCUT2D eigenvalue weighted by atomic mass is 35.5. The van der Waals surface area contributed by atoms with Crippen LogP contribution in [-0.4, -0.2) is 13.0 Å². The number of halogens is 2. The molecule has 0 heterocycles. The second kappa shape index (κ2) is 4.46. The quantitative estimate of drug-likeness (QED) is 0.745. The molecule has 5 heteroatoms. The van der Waals surface area contributed by atoms with E-state index < -0.39 is 0 Å². The Morgan fingerprint density at radius 2 is 1.77 bits per heavy atom. The molecule has 0 aliphatic rings. The first-order valence-corrected chi connectivity index (χ1v) is 4.32. The van der Waals surface area contributed by atoms with Gasteiger partial charge >= 0.3 is 0 Å². The Kier molecular flexibility index (Phi) is 3.54. The van der Waals surface area contributed by atoms with E-state index in [1.807, 2.05) is 0 Å². The molecule has 0 aliphatic carbocycles. The van der Waals surface area contributed by atoms with Gasteiger partial charge in [-0.15, -0.1) is 0 Å². The maximum Gasteiger partial charge on any atom is 0.265 e. The lowest BCUT2D eigenvalue weighted by atomic mass is 10.2. The lowest BCUT2D eigenvalue weighted by molar-refractivity contribution is 0.0938. The molecule has 1 amide bonds. The maximum atomic E-state index is 11.3. The SMILES string of the molecule is CNNC(=O)c1cc(Cl)cc(Cl)c1. The summed E-state index contributed by atoms with van der Waals surface area (Å²) >= 11 is 11.4. The van der Waals surface area contributed by atoms with E-state index in [9.17, 15) is 4.79 Å². The summed E-state index contributed by atoms with van der Waals surface area (Å²) in [5.74, 6) is -0.271. The van der Waals surface area contributed by atoms with E-state index >= 15 is 0 Å². The van der Waals surface area contributed by atoms with E-state index in [4.69, 9.17) is 23.2 Å². The molecule has 70 valence electrons. The van der Waals surface area contributed by atoms with E-state index in [1.165, 1.54) is 0 Å². The second-order valence-corrected chi connectivity index (χ2v) is 3.24. The largest absolute Gasteiger partial charge is 0.288 e. The number of carbonyl (C=O) groups excluding carboxylic acids is 1. The predicted octanol–water partition coefficient (Wildman–Crippen LogP) is 1.86. The van der Waals surface area contributed by atoms with Crippen LogP contribution in [0.25, 0.3) is 0 Å². The van der Waals surface area contributed by atoms with Gasteiger partial charge in [0, 0.05) is 22.7 Å². The van der Waals surface area contributed by atoms with Crippen LogP contribution < -0.4 is 10.9 Å². The van der Waals surface area contributed by atoms with E-state index in [2.05, 4.69) is 10.9 Å². The molecule has 0 saturated carbocycles. The fourth-order valence-corrected chi connectivity index (χ4v) is 1.40. The van der Waals surface area contributed by atoms with Gasteiger partial charge in [-0.3, -0.25) is 10.2 Å². The van der Waals surface area contributed by atoms with E-state index in [1.54, 1.807) is 25.2 Å². The van der Waals surface area contributed by atoms with Gasteiger partial charge in [0.25, 0.3) is 5.91 Å². The summed E-state index contributed by atoms with van der Waals surface area (Å²) in [6, 6.07) is 4.65. The molecule has 0 fully saturated rings. The third-order valence-corrected chi connectivity index (χ3v) is 1.80. The molecule has 0 radical (unpaired) electrons. The van der Waals surface area contributed by atoms with Crippen LogP contribution in [0.1, 0.15) is 10.4 Å². The molecular formula is C8H8Cl2N2O. The topological polar surface area (TPSA) is 41.1 Å². The fraction of sp³-hybridized carbons (Fsp3) is 0.125. The van der Waals surface area contributed by atoms with Gasteiger partial charge in [-0.25, -0.2) is 5.43 Å². The van der Waals surface area contributed by atoms with Crippen molar-refractivity contribution in [3.63, 3.8) is 0 Å². The Morgan fingerprint density at radius 1 is 1.23 bits per heavy atom. The van der Waals surface area contributed by atoms with Crippen molar-refractivity contribution >= 4 is 29.1 Å². The Bertz CT molecular complexity index is 308. The fourth-order valence-electron chi connectivity index (χ4n) is 0.871. The van der Waals surface area contributed by atoms with Crippen LogP contribution in [0.2, 0.25) is 10.0 Å². The van der Waals surface area contributed by atoms with Crippen molar-refractivity contribution in [3.8, 4) is 0 Å². The van der Waals surface area contributed by atoms with E-state index in [-0.39, 0.29) is 5.91 Å².